The highest BCUT2D eigenvalue weighted by Gasteiger charge is 2.53. The van der Waals surface area contributed by atoms with Gasteiger partial charge in [-0.15, -0.1) is 23.1 Å². The summed E-state index contributed by atoms with van der Waals surface area (Å²) in [6.07, 6.45) is 4.59. The van der Waals surface area contributed by atoms with E-state index >= 15 is 4.39 Å². The highest BCUT2D eigenvalue weighted by atomic mass is 32.2. The lowest BCUT2D eigenvalue weighted by atomic mass is 9.88. The smallest absolute Gasteiger partial charge is 0.320 e. The molecule has 0 bridgehead atoms. The lowest BCUT2D eigenvalue weighted by molar-refractivity contribution is 0.0909. The number of halogens is 1. The zero-order valence-electron chi connectivity index (χ0n) is 27.1. The van der Waals surface area contributed by atoms with Gasteiger partial charge in [0.25, 0.3) is 0 Å². The van der Waals surface area contributed by atoms with E-state index in [1.807, 2.05) is 29.7 Å². The number of anilines is 4. The number of nitriles is 1. The summed E-state index contributed by atoms with van der Waals surface area (Å²) in [7, 11) is -3.25. The molecule has 17 heteroatoms. The SMILES string of the molecule is CCN(c1nc(OC[C@H]2CCC3CN(S(C)(=O)=O)CCN32)nc(N2CC3(C2)SCc2sc(N)c(C#N)c23)c1F)[C@H](C)c1cccnc1N. The third kappa shape index (κ3) is 5.60. The maximum Gasteiger partial charge on any atom is 0.320 e. The third-order valence-corrected chi connectivity index (χ3v) is 14.0. The maximum atomic E-state index is 16.7. The number of thioether (sulfide) groups is 1. The van der Waals surface area contributed by atoms with Crippen LogP contribution in [0.4, 0.5) is 26.8 Å². The van der Waals surface area contributed by atoms with Gasteiger partial charge in [0.2, 0.25) is 15.8 Å². The Morgan fingerprint density at radius 2 is 2.06 bits per heavy atom. The highest BCUT2D eigenvalue weighted by molar-refractivity contribution is 8.00. The number of fused-ring (bicyclic) bond motifs is 3. The summed E-state index contributed by atoms with van der Waals surface area (Å²) in [5.41, 5.74) is 14.7. The Bertz CT molecular complexity index is 1880. The minimum Gasteiger partial charge on any atom is -0.462 e. The molecule has 4 aliphatic rings. The lowest BCUT2D eigenvalue weighted by Gasteiger charge is -2.48. The van der Waals surface area contributed by atoms with Crippen LogP contribution in [0, 0.1) is 17.1 Å². The van der Waals surface area contributed by atoms with Crippen LogP contribution in [0.15, 0.2) is 18.3 Å². The van der Waals surface area contributed by atoms with Crippen molar-refractivity contribution in [2.24, 2.45) is 0 Å². The molecule has 0 saturated carbocycles. The molecule has 1 unspecified atom stereocenters. The molecule has 3 aromatic heterocycles. The first-order valence-corrected chi connectivity index (χ1v) is 19.7. The normalized spacial score (nSPS) is 22.6. The summed E-state index contributed by atoms with van der Waals surface area (Å²) < 4.78 is 48.5. The van der Waals surface area contributed by atoms with Crippen LogP contribution in [-0.4, -0.2) is 96.8 Å². The fraction of sp³-hybridized carbons (Fsp3) is 0.548. The quantitative estimate of drug-likeness (QED) is 0.332. The van der Waals surface area contributed by atoms with Crippen LogP contribution >= 0.6 is 23.1 Å². The van der Waals surface area contributed by atoms with Crippen molar-refractivity contribution in [3.8, 4) is 12.1 Å². The van der Waals surface area contributed by atoms with Crippen LogP contribution in [0.25, 0.3) is 0 Å². The Labute approximate surface area is 288 Å². The van der Waals surface area contributed by atoms with Crippen molar-refractivity contribution in [1.29, 1.82) is 5.26 Å². The summed E-state index contributed by atoms with van der Waals surface area (Å²) in [5, 5.41) is 10.4. The van der Waals surface area contributed by atoms with Gasteiger partial charge >= 0.3 is 6.01 Å². The Kier molecular flexibility index (Phi) is 8.60. The first-order chi connectivity index (χ1) is 22.9. The molecule has 0 radical (unpaired) electrons. The Morgan fingerprint density at radius 3 is 2.77 bits per heavy atom. The molecule has 3 saturated heterocycles. The number of piperazine rings is 1. The molecule has 13 nitrogen and oxygen atoms in total. The van der Waals surface area contributed by atoms with E-state index in [0.717, 1.165) is 34.6 Å². The second kappa shape index (κ2) is 12.5. The van der Waals surface area contributed by atoms with Gasteiger partial charge in [0.15, 0.2) is 11.6 Å². The van der Waals surface area contributed by atoms with Gasteiger partial charge in [-0.2, -0.15) is 23.9 Å². The van der Waals surface area contributed by atoms with Crippen molar-refractivity contribution in [2.75, 3.05) is 73.4 Å². The van der Waals surface area contributed by atoms with Crippen LogP contribution < -0.4 is 26.0 Å². The van der Waals surface area contributed by atoms with E-state index < -0.39 is 15.8 Å². The van der Waals surface area contributed by atoms with E-state index in [4.69, 9.17) is 16.2 Å². The Balaban J connectivity index is 1.18. The largest absolute Gasteiger partial charge is 0.462 e. The lowest BCUT2D eigenvalue weighted by Crippen LogP contribution is -2.57. The van der Waals surface area contributed by atoms with Gasteiger partial charge in [-0.1, -0.05) is 6.07 Å². The van der Waals surface area contributed by atoms with E-state index in [0.29, 0.717) is 62.3 Å². The van der Waals surface area contributed by atoms with E-state index in [-0.39, 0.29) is 40.5 Å². The number of ether oxygens (including phenoxy) is 1. The average Bonchev–Trinajstić information content (AvgIpc) is 3.72. The van der Waals surface area contributed by atoms with Crippen molar-refractivity contribution in [1.82, 2.24) is 24.2 Å². The summed E-state index contributed by atoms with van der Waals surface area (Å²) in [5.74, 6) is 0.827. The van der Waals surface area contributed by atoms with Gasteiger partial charge in [0, 0.05) is 79.3 Å². The summed E-state index contributed by atoms with van der Waals surface area (Å²) >= 11 is 3.22. The van der Waals surface area contributed by atoms with E-state index in [1.165, 1.54) is 17.6 Å². The number of nitrogen functional groups attached to an aromatic ring is 2. The van der Waals surface area contributed by atoms with Crippen molar-refractivity contribution in [3.63, 3.8) is 0 Å². The molecule has 0 amide bonds. The number of thiophene rings is 1. The molecule has 7 heterocycles. The number of pyridine rings is 1. The minimum absolute atomic E-state index is 0.0581. The molecule has 4 N–H and O–H groups in total. The van der Waals surface area contributed by atoms with Crippen LogP contribution in [0.1, 0.15) is 54.3 Å². The summed E-state index contributed by atoms with van der Waals surface area (Å²) in [6.45, 7) is 7.05. The number of sulfonamides is 1. The molecule has 3 fully saturated rings. The molecule has 0 aliphatic carbocycles. The number of rotatable bonds is 9. The van der Waals surface area contributed by atoms with Crippen molar-refractivity contribution in [2.45, 2.75) is 55.3 Å². The average molecular weight is 715 g/mol. The number of aromatic nitrogens is 3. The molecule has 1 spiro atoms. The van der Waals surface area contributed by atoms with Gasteiger partial charge in [0.05, 0.1) is 22.6 Å². The van der Waals surface area contributed by atoms with Crippen molar-refractivity contribution in [3.05, 3.63) is 45.7 Å². The van der Waals surface area contributed by atoms with Crippen molar-refractivity contribution < 1.29 is 17.5 Å². The molecule has 0 aromatic carbocycles. The molecule has 3 aromatic rings. The Morgan fingerprint density at radius 1 is 1.27 bits per heavy atom. The first-order valence-electron chi connectivity index (χ1n) is 16.0. The number of nitrogens with zero attached hydrogens (tertiary/aromatic N) is 8. The summed E-state index contributed by atoms with van der Waals surface area (Å²) in [6, 6.07) is 5.87. The summed E-state index contributed by atoms with van der Waals surface area (Å²) in [4.78, 5) is 20.7. The van der Waals surface area contributed by atoms with E-state index in [2.05, 4.69) is 25.9 Å². The van der Waals surface area contributed by atoms with Gasteiger partial charge in [-0.25, -0.2) is 13.4 Å². The van der Waals surface area contributed by atoms with Gasteiger partial charge < -0.3 is 26.0 Å². The first kappa shape index (κ1) is 33.1. The van der Waals surface area contributed by atoms with Crippen molar-refractivity contribution >= 4 is 55.6 Å². The van der Waals surface area contributed by atoms with Crippen LogP contribution in [-0.2, 0) is 20.5 Å². The maximum absolute atomic E-state index is 16.7. The number of hydrogen-bond acceptors (Lipinski definition) is 14. The van der Waals surface area contributed by atoms with Crippen LogP contribution in [0.3, 0.4) is 0 Å². The minimum atomic E-state index is -3.25. The second-order valence-corrected chi connectivity index (χ2v) is 17.3. The molecule has 48 heavy (non-hydrogen) atoms. The molecular weight excluding hydrogens is 676 g/mol. The van der Waals surface area contributed by atoms with Crippen LogP contribution in [0.5, 0.6) is 6.01 Å². The van der Waals surface area contributed by atoms with Crippen LogP contribution in [0.2, 0.25) is 0 Å². The molecule has 4 aliphatic heterocycles. The third-order valence-electron chi connectivity index (χ3n) is 10.1. The van der Waals surface area contributed by atoms with E-state index in [1.54, 1.807) is 28.3 Å². The highest BCUT2D eigenvalue weighted by Crippen LogP contribution is 2.58. The topological polar surface area (TPSA) is 171 Å². The zero-order chi connectivity index (χ0) is 34.0. The predicted octanol–water partition coefficient (Wildman–Crippen LogP) is 3.15. The van der Waals surface area contributed by atoms with E-state index in [9.17, 15) is 13.7 Å². The second-order valence-electron chi connectivity index (χ2n) is 12.9. The molecule has 256 valence electrons. The zero-order valence-corrected chi connectivity index (χ0v) is 29.5. The van der Waals surface area contributed by atoms with Gasteiger partial charge in [-0.3, -0.25) is 4.90 Å². The van der Waals surface area contributed by atoms with Gasteiger partial charge in [-0.05, 0) is 32.8 Å². The molecule has 3 atom stereocenters. The standard InChI is InChI=1S/C31H39FN10O3S3/c1-4-41(18(2)21-6-5-9-36-26(21)34)29-25(32)28(39-16-31(17-39)24-22(12-33)27(35)47-23(24)15-46-31)37-30(38-29)45-14-20-8-7-19-13-40(48(3,43)44)10-11-42(19)20/h5-6,9,18-20H,4,7-8,10-11,13-17,35H2,1-3H3,(H2,34,36)/t18-,19?,20-/m1/s1. The molecular formula is C31H39FN10O3S3. The fourth-order valence-corrected chi connectivity index (χ4v) is 11.3. The molecule has 7 rings (SSSR count). The fourth-order valence-electron chi connectivity index (χ4n) is 7.64. The number of hydrogen-bond donors (Lipinski definition) is 2. The monoisotopic (exact) mass is 714 g/mol. The Hall–Kier alpha value is -3.43. The number of nitrogens with two attached hydrogens (primary N) is 2. The van der Waals surface area contributed by atoms with Gasteiger partial charge in [0.1, 0.15) is 23.5 Å². The predicted molar refractivity (Wildman–Crippen MR) is 186 cm³/mol.